The second kappa shape index (κ2) is 4.84. The van der Waals surface area contributed by atoms with Gasteiger partial charge in [-0.1, -0.05) is 0 Å². The summed E-state index contributed by atoms with van der Waals surface area (Å²) in [6.07, 6.45) is 5.54. The summed E-state index contributed by atoms with van der Waals surface area (Å²) in [5.74, 6) is 0.743. The van der Waals surface area contributed by atoms with Crippen LogP contribution in [0.5, 0.6) is 0 Å². The Hall–Kier alpha value is -0.770. The molecule has 0 aromatic carbocycles. The molecule has 0 saturated heterocycles. The molecule has 0 amide bonds. The number of hydrogen-bond donors (Lipinski definition) is 1. The lowest BCUT2D eigenvalue weighted by Crippen LogP contribution is -2.46. The topological polar surface area (TPSA) is 58.5 Å². The Morgan fingerprint density at radius 1 is 1.47 bits per heavy atom. The Balaban J connectivity index is 1.87. The van der Waals surface area contributed by atoms with Crippen LogP contribution in [0.2, 0.25) is 0 Å². The van der Waals surface area contributed by atoms with Gasteiger partial charge in [0.2, 0.25) is 5.95 Å². The van der Waals surface area contributed by atoms with Gasteiger partial charge in [-0.2, -0.15) is 0 Å². The Labute approximate surface area is 90.4 Å². The van der Waals surface area contributed by atoms with E-state index < -0.39 is 9.03 Å². The molecule has 1 aromatic rings. The molecule has 1 heterocycles. The van der Waals surface area contributed by atoms with Crippen LogP contribution in [-0.4, -0.2) is 34.1 Å². The van der Waals surface area contributed by atoms with E-state index in [4.69, 9.17) is 9.42 Å². The highest BCUT2D eigenvalue weighted by atomic mass is 31.1. The van der Waals surface area contributed by atoms with Crippen molar-refractivity contribution in [1.82, 2.24) is 9.97 Å². The summed E-state index contributed by atoms with van der Waals surface area (Å²) in [5.41, 5.74) is 0. The molecule has 1 aliphatic rings. The van der Waals surface area contributed by atoms with Gasteiger partial charge in [-0.3, -0.25) is 0 Å². The largest absolute Gasteiger partial charge is 0.352 e. The molecule has 1 aromatic heterocycles. The molecule has 15 heavy (non-hydrogen) atoms. The molecule has 1 aliphatic carbocycles. The maximum atomic E-state index is 8.61. The van der Waals surface area contributed by atoms with Crippen LogP contribution >= 0.6 is 9.03 Å². The minimum absolute atomic E-state index is 0.199. The summed E-state index contributed by atoms with van der Waals surface area (Å²) in [7, 11) is 1.58. The number of aromatic nitrogens is 2. The molecule has 0 bridgehead atoms. The van der Waals surface area contributed by atoms with Crippen LogP contribution in [0.25, 0.3) is 0 Å². The summed E-state index contributed by atoms with van der Waals surface area (Å²) in [5, 5.41) is 0. The second-order valence-corrected chi connectivity index (χ2v) is 4.03. The lowest BCUT2D eigenvalue weighted by Gasteiger charge is -2.40. The highest BCUT2D eigenvalue weighted by molar-refractivity contribution is 7.25. The molecule has 1 fully saturated rings. The monoisotopic (exact) mass is 227 g/mol. The Bertz CT molecular complexity index is 305. The Morgan fingerprint density at radius 3 is 2.73 bits per heavy atom. The zero-order valence-electron chi connectivity index (χ0n) is 8.50. The van der Waals surface area contributed by atoms with Crippen LogP contribution in [0.4, 0.5) is 5.95 Å². The van der Waals surface area contributed by atoms with Crippen LogP contribution in [0.3, 0.4) is 0 Å². The SMILES string of the molecule is CN(c1ncccn1)C1CC(OPO)C1. The van der Waals surface area contributed by atoms with Crippen LogP contribution in [-0.2, 0) is 4.52 Å². The van der Waals surface area contributed by atoms with Gasteiger partial charge in [0.15, 0.2) is 9.03 Å². The van der Waals surface area contributed by atoms with E-state index in [9.17, 15) is 0 Å². The van der Waals surface area contributed by atoms with Gasteiger partial charge in [-0.05, 0) is 18.9 Å². The molecule has 1 atom stereocenters. The Kier molecular flexibility index (Phi) is 3.46. The zero-order chi connectivity index (χ0) is 10.7. The van der Waals surface area contributed by atoms with E-state index in [2.05, 4.69) is 14.9 Å². The van der Waals surface area contributed by atoms with Gasteiger partial charge in [-0.25, -0.2) is 9.97 Å². The van der Waals surface area contributed by atoms with Crippen molar-refractivity contribution in [2.24, 2.45) is 0 Å². The van der Waals surface area contributed by atoms with Crippen LogP contribution in [0, 0.1) is 0 Å². The van der Waals surface area contributed by atoms with Gasteiger partial charge in [0.25, 0.3) is 0 Å². The van der Waals surface area contributed by atoms with E-state index in [0.29, 0.717) is 6.04 Å². The minimum Gasteiger partial charge on any atom is -0.352 e. The molecule has 0 aliphatic heterocycles. The molecule has 1 N–H and O–H groups in total. The predicted octanol–water partition coefficient (Wildman–Crippen LogP) is 0.961. The van der Waals surface area contributed by atoms with Gasteiger partial charge in [0.05, 0.1) is 6.10 Å². The van der Waals surface area contributed by atoms with Crippen molar-refractivity contribution in [3.05, 3.63) is 18.5 Å². The fourth-order valence-corrected chi connectivity index (χ4v) is 2.00. The molecule has 6 heteroatoms. The molecular formula is C9H14N3O2P. The first kappa shape index (κ1) is 10.7. The van der Waals surface area contributed by atoms with Crippen molar-refractivity contribution in [2.75, 3.05) is 11.9 Å². The standard InChI is InChI=1S/C9H14N3O2P/c1-12(9-10-3-2-4-11-9)7-5-8(6-7)14-15-13/h2-4,7-8,13,15H,5-6H2,1H3. The van der Waals surface area contributed by atoms with Crippen molar-refractivity contribution in [2.45, 2.75) is 25.0 Å². The van der Waals surface area contributed by atoms with Crippen molar-refractivity contribution in [3.8, 4) is 0 Å². The molecule has 1 unspecified atom stereocenters. The lowest BCUT2D eigenvalue weighted by atomic mass is 9.88. The van der Waals surface area contributed by atoms with Crippen LogP contribution in [0.15, 0.2) is 18.5 Å². The third-order valence-corrected chi connectivity index (χ3v) is 3.14. The number of nitrogens with zero attached hydrogens (tertiary/aromatic N) is 3. The summed E-state index contributed by atoms with van der Waals surface area (Å²) in [6, 6.07) is 2.23. The third kappa shape index (κ3) is 2.43. The van der Waals surface area contributed by atoms with Crippen molar-refractivity contribution in [3.63, 3.8) is 0 Å². The summed E-state index contributed by atoms with van der Waals surface area (Å²) in [4.78, 5) is 19.0. The van der Waals surface area contributed by atoms with E-state index in [1.807, 2.05) is 7.05 Å². The number of rotatable bonds is 4. The number of anilines is 1. The second-order valence-electron chi connectivity index (χ2n) is 3.62. The summed E-state index contributed by atoms with van der Waals surface area (Å²) >= 11 is 0. The molecule has 1 saturated carbocycles. The van der Waals surface area contributed by atoms with Crippen LogP contribution < -0.4 is 4.90 Å². The molecule has 0 radical (unpaired) electrons. The number of hydrogen-bond acceptors (Lipinski definition) is 5. The average Bonchev–Trinajstić information content (AvgIpc) is 2.23. The minimum atomic E-state index is -0.404. The quantitative estimate of drug-likeness (QED) is 0.776. The predicted molar refractivity (Wildman–Crippen MR) is 58.9 cm³/mol. The fourth-order valence-electron chi connectivity index (χ4n) is 1.66. The molecular weight excluding hydrogens is 213 g/mol. The molecule has 5 nitrogen and oxygen atoms in total. The van der Waals surface area contributed by atoms with E-state index in [0.717, 1.165) is 18.8 Å². The van der Waals surface area contributed by atoms with Gasteiger partial charge in [0.1, 0.15) is 0 Å². The highest BCUT2D eigenvalue weighted by Gasteiger charge is 2.33. The zero-order valence-corrected chi connectivity index (χ0v) is 9.50. The first-order valence-electron chi connectivity index (χ1n) is 4.86. The van der Waals surface area contributed by atoms with Crippen molar-refractivity contribution in [1.29, 1.82) is 0 Å². The Morgan fingerprint density at radius 2 is 2.13 bits per heavy atom. The van der Waals surface area contributed by atoms with Crippen LogP contribution in [0.1, 0.15) is 12.8 Å². The van der Waals surface area contributed by atoms with Gasteiger partial charge in [-0.15, -0.1) is 0 Å². The first-order chi connectivity index (χ1) is 7.31. The van der Waals surface area contributed by atoms with Gasteiger partial charge in [0, 0.05) is 25.5 Å². The molecule has 82 valence electrons. The molecule has 0 spiro atoms. The maximum absolute atomic E-state index is 8.61. The van der Waals surface area contributed by atoms with Gasteiger partial charge < -0.3 is 14.3 Å². The highest BCUT2D eigenvalue weighted by Crippen LogP contribution is 2.32. The van der Waals surface area contributed by atoms with E-state index in [1.165, 1.54) is 0 Å². The third-order valence-electron chi connectivity index (χ3n) is 2.70. The smallest absolute Gasteiger partial charge is 0.225 e. The first-order valence-corrected chi connectivity index (χ1v) is 5.71. The normalized spacial score (nSPS) is 25.5. The van der Waals surface area contributed by atoms with E-state index >= 15 is 0 Å². The van der Waals surface area contributed by atoms with Gasteiger partial charge >= 0.3 is 0 Å². The maximum Gasteiger partial charge on any atom is 0.225 e. The van der Waals surface area contributed by atoms with Crippen molar-refractivity contribution < 1.29 is 9.42 Å². The van der Waals surface area contributed by atoms with E-state index in [-0.39, 0.29) is 6.10 Å². The summed E-state index contributed by atoms with van der Waals surface area (Å²) < 4.78 is 5.11. The lowest BCUT2D eigenvalue weighted by molar-refractivity contribution is 0.106. The fraction of sp³-hybridized carbons (Fsp3) is 0.556. The van der Waals surface area contributed by atoms with E-state index in [1.54, 1.807) is 18.5 Å². The van der Waals surface area contributed by atoms with Crippen molar-refractivity contribution >= 4 is 15.0 Å². The average molecular weight is 227 g/mol. The molecule has 2 rings (SSSR count). The summed E-state index contributed by atoms with van der Waals surface area (Å²) in [6.45, 7) is 0.